The molecule has 1 aliphatic rings. The van der Waals surface area contributed by atoms with E-state index in [0.29, 0.717) is 6.42 Å². The minimum atomic E-state index is -0.459. The van der Waals surface area contributed by atoms with Crippen LogP contribution in [0.2, 0.25) is 0 Å². The number of hydrogen-bond donors (Lipinski definition) is 2. The van der Waals surface area contributed by atoms with Gasteiger partial charge in [0.1, 0.15) is 0 Å². The van der Waals surface area contributed by atoms with Gasteiger partial charge < -0.3 is 10.6 Å². The molecule has 0 spiro atoms. The minimum absolute atomic E-state index is 0.0304. The number of primary amides is 1. The van der Waals surface area contributed by atoms with Gasteiger partial charge in [0.2, 0.25) is 11.8 Å². The summed E-state index contributed by atoms with van der Waals surface area (Å²) in [5, 5.41) is 3.10. The molecule has 0 fully saturated rings. The van der Waals surface area contributed by atoms with Crippen molar-refractivity contribution in [3.63, 3.8) is 0 Å². The highest BCUT2D eigenvalue weighted by atomic mass is 16.2. The number of hydrogen-bond acceptors (Lipinski definition) is 3. The molecule has 2 rings (SSSR count). The van der Waals surface area contributed by atoms with Gasteiger partial charge in [0.25, 0.3) is 0 Å². The second-order valence-electron chi connectivity index (χ2n) is 4.56. The lowest BCUT2D eigenvalue weighted by Crippen LogP contribution is -2.45. The van der Waals surface area contributed by atoms with Gasteiger partial charge in [-0.1, -0.05) is 18.2 Å². The van der Waals surface area contributed by atoms with E-state index in [-0.39, 0.29) is 11.9 Å². The van der Waals surface area contributed by atoms with Crippen molar-refractivity contribution in [1.29, 1.82) is 0 Å². The number of anilines is 1. The van der Waals surface area contributed by atoms with E-state index in [9.17, 15) is 9.59 Å². The van der Waals surface area contributed by atoms with E-state index < -0.39 is 11.9 Å². The van der Waals surface area contributed by atoms with Crippen molar-refractivity contribution in [2.24, 2.45) is 5.73 Å². The fourth-order valence-corrected chi connectivity index (χ4v) is 2.18. The SMILES string of the molecule is CC(NC1CC(=O)N(C)c2ccccc21)C(N)=O. The molecule has 0 bridgehead atoms. The Hall–Kier alpha value is -1.88. The third-order valence-corrected chi connectivity index (χ3v) is 3.30. The molecule has 0 aromatic heterocycles. The fourth-order valence-electron chi connectivity index (χ4n) is 2.18. The molecule has 0 saturated carbocycles. The summed E-state index contributed by atoms with van der Waals surface area (Å²) in [6, 6.07) is 7.06. The molecular weight excluding hydrogens is 230 g/mol. The first kappa shape index (κ1) is 12.6. The standard InChI is InChI=1S/C13H17N3O2/c1-8(13(14)18)15-10-7-12(17)16(2)11-6-4-3-5-9(10)11/h3-6,8,10,15H,7H2,1-2H3,(H2,14,18). The largest absolute Gasteiger partial charge is 0.368 e. The lowest BCUT2D eigenvalue weighted by atomic mass is 9.95. The first-order chi connectivity index (χ1) is 8.50. The van der Waals surface area contributed by atoms with Crippen LogP contribution in [0.25, 0.3) is 0 Å². The molecule has 0 radical (unpaired) electrons. The molecule has 2 atom stereocenters. The van der Waals surface area contributed by atoms with Crippen LogP contribution in [-0.2, 0) is 9.59 Å². The minimum Gasteiger partial charge on any atom is -0.368 e. The number of fused-ring (bicyclic) bond motifs is 1. The number of nitrogens with one attached hydrogen (secondary N) is 1. The summed E-state index contributed by atoms with van der Waals surface area (Å²) in [5.41, 5.74) is 7.14. The topological polar surface area (TPSA) is 75.4 Å². The van der Waals surface area contributed by atoms with Crippen molar-refractivity contribution in [2.45, 2.75) is 25.4 Å². The highest BCUT2D eigenvalue weighted by molar-refractivity contribution is 5.96. The maximum Gasteiger partial charge on any atom is 0.234 e. The summed E-state index contributed by atoms with van der Waals surface area (Å²) < 4.78 is 0. The summed E-state index contributed by atoms with van der Waals surface area (Å²) in [5.74, 6) is -0.387. The number of amides is 2. The van der Waals surface area contributed by atoms with Crippen molar-refractivity contribution in [3.05, 3.63) is 29.8 Å². The molecule has 5 nitrogen and oxygen atoms in total. The molecule has 5 heteroatoms. The van der Waals surface area contributed by atoms with Crippen LogP contribution >= 0.6 is 0 Å². The van der Waals surface area contributed by atoms with Crippen LogP contribution in [-0.4, -0.2) is 24.9 Å². The van der Waals surface area contributed by atoms with E-state index in [1.165, 1.54) is 0 Å². The number of nitrogens with two attached hydrogens (primary N) is 1. The maximum absolute atomic E-state index is 11.9. The zero-order valence-electron chi connectivity index (χ0n) is 10.5. The monoisotopic (exact) mass is 247 g/mol. The fraction of sp³-hybridized carbons (Fsp3) is 0.385. The molecule has 0 saturated heterocycles. The van der Waals surface area contributed by atoms with Crippen LogP contribution in [0.3, 0.4) is 0 Å². The van der Waals surface area contributed by atoms with Gasteiger partial charge in [-0.15, -0.1) is 0 Å². The number of carbonyl (C=O) groups excluding carboxylic acids is 2. The Balaban J connectivity index is 2.30. The van der Waals surface area contributed by atoms with Crippen LogP contribution < -0.4 is 16.0 Å². The van der Waals surface area contributed by atoms with Crippen molar-refractivity contribution in [3.8, 4) is 0 Å². The Kier molecular flexibility index (Phi) is 3.34. The lowest BCUT2D eigenvalue weighted by Gasteiger charge is -2.33. The number of carbonyl (C=O) groups is 2. The first-order valence-corrected chi connectivity index (χ1v) is 5.91. The van der Waals surface area contributed by atoms with E-state index in [1.807, 2.05) is 24.3 Å². The molecule has 96 valence electrons. The Morgan fingerprint density at radius 2 is 2.17 bits per heavy atom. The summed E-state index contributed by atoms with van der Waals surface area (Å²) >= 11 is 0. The normalized spacial score (nSPS) is 20.4. The van der Waals surface area contributed by atoms with Gasteiger partial charge in [-0.2, -0.15) is 0 Å². The van der Waals surface area contributed by atoms with Crippen LogP contribution in [0, 0.1) is 0 Å². The van der Waals surface area contributed by atoms with Gasteiger partial charge >= 0.3 is 0 Å². The van der Waals surface area contributed by atoms with Gasteiger partial charge in [-0.3, -0.25) is 14.9 Å². The predicted molar refractivity (Wildman–Crippen MR) is 69.0 cm³/mol. The van der Waals surface area contributed by atoms with Gasteiger partial charge in [-0.05, 0) is 18.6 Å². The van der Waals surface area contributed by atoms with Gasteiger partial charge in [0.05, 0.1) is 6.04 Å². The van der Waals surface area contributed by atoms with Gasteiger partial charge in [0, 0.05) is 25.2 Å². The number of nitrogens with zero attached hydrogens (tertiary/aromatic N) is 1. The highest BCUT2D eigenvalue weighted by Gasteiger charge is 2.30. The average molecular weight is 247 g/mol. The molecule has 1 heterocycles. The molecule has 1 aliphatic heterocycles. The summed E-state index contributed by atoms with van der Waals surface area (Å²) in [6.45, 7) is 1.70. The predicted octanol–water partition coefficient (Wildman–Crippen LogP) is 0.558. The average Bonchev–Trinajstić information content (AvgIpc) is 2.35. The van der Waals surface area contributed by atoms with Gasteiger partial charge in [-0.25, -0.2) is 0 Å². The van der Waals surface area contributed by atoms with Crippen LogP contribution in [0.4, 0.5) is 5.69 Å². The molecule has 0 aliphatic carbocycles. The summed E-state index contributed by atoms with van der Waals surface area (Å²) in [4.78, 5) is 24.6. The van der Waals surface area contributed by atoms with E-state index >= 15 is 0 Å². The summed E-state index contributed by atoms with van der Waals surface area (Å²) in [7, 11) is 1.76. The molecular formula is C13H17N3O2. The Labute approximate surface area is 106 Å². The molecule has 18 heavy (non-hydrogen) atoms. The van der Waals surface area contributed by atoms with E-state index in [0.717, 1.165) is 11.3 Å². The quantitative estimate of drug-likeness (QED) is 0.819. The zero-order chi connectivity index (χ0) is 13.3. The van der Waals surface area contributed by atoms with E-state index in [4.69, 9.17) is 5.73 Å². The molecule has 3 N–H and O–H groups in total. The Morgan fingerprint density at radius 3 is 2.83 bits per heavy atom. The summed E-state index contributed by atoms with van der Waals surface area (Å²) in [6.07, 6.45) is 0.338. The smallest absolute Gasteiger partial charge is 0.234 e. The molecule has 2 unspecified atom stereocenters. The van der Waals surface area contributed by atoms with Crippen molar-refractivity contribution < 1.29 is 9.59 Å². The van der Waals surface area contributed by atoms with Crippen LogP contribution in [0.1, 0.15) is 24.9 Å². The highest BCUT2D eigenvalue weighted by Crippen LogP contribution is 2.33. The second-order valence-corrected chi connectivity index (χ2v) is 4.56. The molecule has 2 amide bonds. The van der Waals surface area contributed by atoms with Crippen molar-refractivity contribution in [2.75, 3.05) is 11.9 Å². The zero-order valence-corrected chi connectivity index (χ0v) is 10.5. The van der Waals surface area contributed by atoms with Crippen molar-refractivity contribution in [1.82, 2.24) is 5.32 Å². The van der Waals surface area contributed by atoms with Crippen LogP contribution in [0.15, 0.2) is 24.3 Å². The molecule has 1 aromatic rings. The molecule has 1 aromatic carbocycles. The number of para-hydroxylation sites is 1. The van der Waals surface area contributed by atoms with Crippen molar-refractivity contribution >= 4 is 17.5 Å². The lowest BCUT2D eigenvalue weighted by molar-refractivity contribution is -0.121. The van der Waals surface area contributed by atoms with Crippen LogP contribution in [0.5, 0.6) is 0 Å². The first-order valence-electron chi connectivity index (χ1n) is 5.91. The van der Waals surface area contributed by atoms with E-state index in [1.54, 1.807) is 18.9 Å². The maximum atomic E-state index is 11.9. The third kappa shape index (κ3) is 2.22. The number of benzene rings is 1. The second kappa shape index (κ2) is 4.78. The van der Waals surface area contributed by atoms with Gasteiger partial charge in [0.15, 0.2) is 0 Å². The van der Waals surface area contributed by atoms with E-state index in [2.05, 4.69) is 5.32 Å². The Morgan fingerprint density at radius 1 is 1.50 bits per heavy atom. The third-order valence-electron chi connectivity index (χ3n) is 3.30. The number of rotatable bonds is 3. The Bertz CT molecular complexity index is 487.